The molecular weight excluding hydrogens is 482 g/mol. The van der Waals surface area contributed by atoms with E-state index >= 15 is 0 Å². The van der Waals surface area contributed by atoms with Gasteiger partial charge in [0.15, 0.2) is 16.3 Å². The third kappa shape index (κ3) is 3.68. The Kier molecular flexibility index (Phi) is 5.70. The number of aromatic nitrogens is 2. The van der Waals surface area contributed by atoms with Gasteiger partial charge in [-0.1, -0.05) is 17.3 Å². The smallest absolute Gasteiger partial charge is 0.270 e. The second-order valence-electron chi connectivity index (χ2n) is 7.49. The van der Waals surface area contributed by atoms with Crippen LogP contribution in [0.4, 0.5) is 5.82 Å². The lowest BCUT2D eigenvalue weighted by Crippen LogP contribution is -2.15. The SMILES string of the molecule is COc1cccc(OC)c1S(=O)(=O)Nc1noc2cc(C(Cl)c3ccccn3)c3c(c12)OCC3. The number of methoxy groups -OCH3 is 2. The molecule has 0 fully saturated rings. The fourth-order valence-corrected chi connectivity index (χ4v) is 5.70. The summed E-state index contributed by atoms with van der Waals surface area (Å²) >= 11 is 6.76. The summed E-state index contributed by atoms with van der Waals surface area (Å²) in [6, 6.07) is 12.0. The van der Waals surface area contributed by atoms with E-state index in [1.807, 2.05) is 18.2 Å². The van der Waals surface area contributed by atoms with Gasteiger partial charge in [0, 0.05) is 18.2 Å². The van der Waals surface area contributed by atoms with Gasteiger partial charge in [-0.2, -0.15) is 0 Å². The number of alkyl halides is 1. The summed E-state index contributed by atoms with van der Waals surface area (Å²) < 4.78 is 51.1. The predicted octanol–water partition coefficient (Wildman–Crippen LogP) is 4.30. The molecule has 1 unspecified atom stereocenters. The highest BCUT2D eigenvalue weighted by atomic mass is 35.5. The van der Waals surface area contributed by atoms with Crippen molar-refractivity contribution in [1.82, 2.24) is 10.1 Å². The Balaban J connectivity index is 1.61. The Labute approximate surface area is 200 Å². The summed E-state index contributed by atoms with van der Waals surface area (Å²) in [5.41, 5.74) is 2.65. The molecule has 5 rings (SSSR count). The molecule has 0 saturated carbocycles. The van der Waals surface area contributed by atoms with Crippen molar-refractivity contribution in [3.63, 3.8) is 0 Å². The molecule has 4 aromatic rings. The summed E-state index contributed by atoms with van der Waals surface area (Å²) in [4.78, 5) is 4.19. The van der Waals surface area contributed by atoms with Crippen LogP contribution < -0.4 is 18.9 Å². The topological polar surface area (TPSA) is 113 Å². The maximum atomic E-state index is 13.3. The van der Waals surface area contributed by atoms with Gasteiger partial charge < -0.3 is 18.7 Å². The van der Waals surface area contributed by atoms with Crippen molar-refractivity contribution in [1.29, 1.82) is 0 Å². The summed E-state index contributed by atoms with van der Waals surface area (Å²) in [7, 11) is -1.40. The van der Waals surface area contributed by atoms with E-state index in [4.69, 9.17) is 30.3 Å². The monoisotopic (exact) mass is 501 g/mol. The molecule has 1 aliphatic rings. The average Bonchev–Trinajstić information content (AvgIpc) is 3.49. The van der Waals surface area contributed by atoms with Crippen LogP contribution >= 0.6 is 11.6 Å². The molecule has 0 saturated heterocycles. The lowest BCUT2D eigenvalue weighted by molar-refractivity contribution is 0.360. The average molecular weight is 502 g/mol. The maximum Gasteiger partial charge on any atom is 0.270 e. The number of anilines is 1. The number of sulfonamides is 1. The van der Waals surface area contributed by atoms with Gasteiger partial charge in [-0.3, -0.25) is 9.71 Å². The number of benzene rings is 2. The molecule has 34 heavy (non-hydrogen) atoms. The van der Waals surface area contributed by atoms with Crippen molar-refractivity contribution in [2.45, 2.75) is 16.7 Å². The fraction of sp³-hybridized carbons (Fsp3) is 0.217. The minimum Gasteiger partial charge on any atom is -0.495 e. The van der Waals surface area contributed by atoms with Gasteiger partial charge in [0.1, 0.15) is 28.0 Å². The van der Waals surface area contributed by atoms with Crippen molar-refractivity contribution in [2.75, 3.05) is 25.5 Å². The second-order valence-corrected chi connectivity index (χ2v) is 9.55. The minimum absolute atomic E-state index is 0.00313. The Morgan fingerprint density at radius 3 is 2.56 bits per heavy atom. The Morgan fingerprint density at radius 2 is 1.88 bits per heavy atom. The van der Waals surface area contributed by atoms with Gasteiger partial charge in [-0.05, 0) is 35.9 Å². The molecule has 2 aromatic carbocycles. The van der Waals surface area contributed by atoms with E-state index in [1.165, 1.54) is 26.4 Å². The molecule has 9 nitrogen and oxygen atoms in total. The molecule has 176 valence electrons. The van der Waals surface area contributed by atoms with Gasteiger partial charge in [-0.15, -0.1) is 11.6 Å². The van der Waals surface area contributed by atoms with Gasteiger partial charge in [0.05, 0.1) is 26.5 Å². The highest BCUT2D eigenvalue weighted by Crippen LogP contribution is 2.45. The van der Waals surface area contributed by atoms with E-state index in [9.17, 15) is 8.42 Å². The number of fused-ring (bicyclic) bond motifs is 3. The Hall–Kier alpha value is -3.50. The summed E-state index contributed by atoms with van der Waals surface area (Å²) in [5, 5.41) is 3.86. The molecule has 0 amide bonds. The van der Waals surface area contributed by atoms with Gasteiger partial charge >= 0.3 is 0 Å². The number of ether oxygens (including phenoxy) is 3. The van der Waals surface area contributed by atoms with Crippen LogP contribution in [0.25, 0.3) is 11.0 Å². The number of rotatable bonds is 7. The number of hydrogen-bond acceptors (Lipinski definition) is 8. The first-order chi connectivity index (χ1) is 16.4. The molecule has 3 heterocycles. The zero-order chi connectivity index (χ0) is 23.9. The Morgan fingerprint density at radius 1 is 1.12 bits per heavy atom. The van der Waals surface area contributed by atoms with Crippen LogP contribution in [0.15, 0.2) is 58.1 Å². The van der Waals surface area contributed by atoms with Crippen molar-refractivity contribution in [2.24, 2.45) is 0 Å². The lowest BCUT2D eigenvalue weighted by Gasteiger charge is -2.15. The fourth-order valence-electron chi connectivity index (χ4n) is 4.04. The summed E-state index contributed by atoms with van der Waals surface area (Å²) in [6.07, 6.45) is 2.28. The zero-order valence-electron chi connectivity index (χ0n) is 18.2. The molecule has 0 bridgehead atoms. The number of hydrogen-bond donors (Lipinski definition) is 1. The first-order valence-electron chi connectivity index (χ1n) is 10.3. The molecule has 0 aliphatic carbocycles. The first kappa shape index (κ1) is 22.3. The van der Waals surface area contributed by atoms with E-state index in [0.29, 0.717) is 35.4 Å². The predicted molar refractivity (Wildman–Crippen MR) is 125 cm³/mol. The van der Waals surface area contributed by atoms with Gasteiger partial charge in [-0.25, -0.2) is 8.42 Å². The largest absolute Gasteiger partial charge is 0.495 e. The molecule has 2 aromatic heterocycles. The normalized spacial score (nSPS) is 13.9. The van der Waals surface area contributed by atoms with Crippen LogP contribution in [0.1, 0.15) is 22.2 Å². The van der Waals surface area contributed by atoms with Crippen LogP contribution in [0.2, 0.25) is 0 Å². The zero-order valence-corrected chi connectivity index (χ0v) is 19.8. The first-order valence-corrected chi connectivity index (χ1v) is 12.2. The van der Waals surface area contributed by atoms with Crippen LogP contribution in [-0.2, 0) is 16.4 Å². The molecule has 1 atom stereocenters. The third-order valence-electron chi connectivity index (χ3n) is 5.56. The molecular formula is C23H20ClN3O6S. The van der Waals surface area contributed by atoms with Crippen LogP contribution in [-0.4, -0.2) is 39.4 Å². The molecule has 11 heteroatoms. The van der Waals surface area contributed by atoms with E-state index in [0.717, 1.165) is 11.1 Å². The number of nitrogens with one attached hydrogen (secondary N) is 1. The summed E-state index contributed by atoms with van der Waals surface area (Å²) in [5.74, 6) is 0.740. The highest BCUT2D eigenvalue weighted by molar-refractivity contribution is 7.93. The van der Waals surface area contributed by atoms with Gasteiger partial charge in [0.25, 0.3) is 10.0 Å². The van der Waals surface area contributed by atoms with Crippen molar-refractivity contribution in [3.8, 4) is 17.2 Å². The van der Waals surface area contributed by atoms with E-state index in [2.05, 4.69) is 14.9 Å². The molecule has 0 spiro atoms. The molecule has 1 aliphatic heterocycles. The van der Waals surface area contributed by atoms with Crippen LogP contribution in [0.3, 0.4) is 0 Å². The van der Waals surface area contributed by atoms with E-state index in [-0.39, 0.29) is 22.2 Å². The molecule has 1 N–H and O–H groups in total. The van der Waals surface area contributed by atoms with Crippen LogP contribution in [0, 0.1) is 0 Å². The second kappa shape index (κ2) is 8.69. The summed E-state index contributed by atoms with van der Waals surface area (Å²) in [6.45, 7) is 0.422. The van der Waals surface area contributed by atoms with Crippen LogP contribution in [0.5, 0.6) is 17.2 Å². The maximum absolute atomic E-state index is 13.3. The van der Waals surface area contributed by atoms with E-state index < -0.39 is 15.4 Å². The highest BCUT2D eigenvalue weighted by Gasteiger charge is 2.32. The lowest BCUT2D eigenvalue weighted by atomic mass is 9.98. The van der Waals surface area contributed by atoms with Crippen molar-refractivity contribution in [3.05, 3.63) is 65.5 Å². The number of halogens is 1. The van der Waals surface area contributed by atoms with Crippen molar-refractivity contribution >= 4 is 38.4 Å². The quantitative estimate of drug-likeness (QED) is 0.373. The van der Waals surface area contributed by atoms with E-state index in [1.54, 1.807) is 18.3 Å². The third-order valence-corrected chi connectivity index (χ3v) is 7.42. The number of pyridine rings is 1. The minimum atomic E-state index is -4.16. The van der Waals surface area contributed by atoms with Gasteiger partial charge in [0.2, 0.25) is 0 Å². The van der Waals surface area contributed by atoms with Crippen molar-refractivity contribution < 1.29 is 27.2 Å². The Bertz CT molecular complexity index is 1450. The molecule has 0 radical (unpaired) electrons. The standard InChI is InChI=1S/C23H20ClN3O6S/c1-30-16-7-5-8-17(31-2)22(16)34(28,29)27-23-19-18(33-26-23)12-14(13-9-11-32-21(13)19)20(24)15-6-3-4-10-25-15/h3-8,10,12,20H,9,11H2,1-2H3,(H,26,27). The number of nitrogens with zero attached hydrogens (tertiary/aromatic N) is 2.